The van der Waals surface area contributed by atoms with Crippen LogP contribution in [0.5, 0.6) is 0 Å². The minimum atomic E-state index is -4.09. The lowest BCUT2D eigenvalue weighted by molar-refractivity contribution is -0.162. The van der Waals surface area contributed by atoms with Crippen molar-refractivity contribution in [1.29, 1.82) is 5.41 Å². The van der Waals surface area contributed by atoms with Gasteiger partial charge in [0.15, 0.2) is 0 Å². The number of aryl methyl sites for hydroxylation is 1. The molecule has 5 rings (SSSR count). The molecule has 14 heteroatoms. The van der Waals surface area contributed by atoms with Crippen LogP contribution in [0, 0.1) is 5.41 Å². The van der Waals surface area contributed by atoms with Gasteiger partial charge in [-0.3, -0.25) is 24.7 Å². The Morgan fingerprint density at radius 1 is 0.980 bits per heavy atom. The van der Waals surface area contributed by atoms with Crippen molar-refractivity contribution in [2.45, 2.75) is 44.8 Å². The second-order valence-corrected chi connectivity index (χ2v) is 12.9. The standard InChI is InChI=1S/C35H35N5O8S/c1-5-46-32(42)19-25-11-10-23-7-6-8-31(33(23)38-25)49(44,45)39-26-12-14-30-24(17-26)18-27(40(30)4)15-22-9-13-28(34(36)37)29(16-22)35(43)48-21(3)47-20(2)41/h6-14,16-18,21,39H,5,15,19H2,1-4H3,(H3,36,37). The quantitative estimate of drug-likeness (QED) is 0.0725. The fourth-order valence-electron chi connectivity index (χ4n) is 5.47. The molecule has 0 saturated heterocycles. The molecule has 0 amide bonds. The van der Waals surface area contributed by atoms with Crippen molar-refractivity contribution in [1.82, 2.24) is 9.55 Å². The van der Waals surface area contributed by atoms with Gasteiger partial charge in [-0.1, -0.05) is 30.3 Å². The van der Waals surface area contributed by atoms with Crippen LogP contribution in [0.15, 0.2) is 77.7 Å². The second-order valence-electron chi connectivity index (χ2n) is 11.2. The molecule has 4 N–H and O–H groups in total. The largest absolute Gasteiger partial charge is 0.466 e. The van der Waals surface area contributed by atoms with Gasteiger partial charge in [0.2, 0.25) is 6.29 Å². The predicted molar refractivity (Wildman–Crippen MR) is 183 cm³/mol. The minimum absolute atomic E-state index is 0.0323. The Kier molecular flexibility index (Phi) is 9.99. The van der Waals surface area contributed by atoms with Gasteiger partial charge in [0.25, 0.3) is 10.0 Å². The number of esters is 3. The number of carbonyl (C=O) groups is 3. The van der Waals surface area contributed by atoms with Crippen molar-refractivity contribution in [2.75, 3.05) is 11.3 Å². The first-order valence-electron chi connectivity index (χ1n) is 15.3. The van der Waals surface area contributed by atoms with Crippen LogP contribution in [-0.4, -0.2) is 54.6 Å². The molecule has 2 aromatic heterocycles. The zero-order valence-corrected chi connectivity index (χ0v) is 28.1. The van der Waals surface area contributed by atoms with E-state index in [-0.39, 0.29) is 40.4 Å². The number of aromatic nitrogens is 2. The Hall–Kier alpha value is -5.76. The molecule has 0 bridgehead atoms. The van der Waals surface area contributed by atoms with Gasteiger partial charge in [0.1, 0.15) is 10.7 Å². The van der Waals surface area contributed by atoms with Crippen LogP contribution < -0.4 is 10.5 Å². The number of nitrogens with one attached hydrogen (secondary N) is 2. The summed E-state index contributed by atoms with van der Waals surface area (Å²) in [5, 5.41) is 9.27. The van der Waals surface area contributed by atoms with E-state index in [9.17, 15) is 22.8 Å². The first kappa shape index (κ1) is 34.6. The average Bonchev–Trinajstić information content (AvgIpc) is 3.33. The minimum Gasteiger partial charge on any atom is -0.466 e. The number of fused-ring (bicyclic) bond motifs is 2. The van der Waals surface area contributed by atoms with Gasteiger partial charge in [-0.05, 0) is 55.0 Å². The van der Waals surface area contributed by atoms with Gasteiger partial charge in [-0.15, -0.1) is 0 Å². The fraction of sp³-hybridized carbons (Fsp3) is 0.229. The number of rotatable bonds is 12. The number of nitrogen functional groups attached to an aromatic ring is 1. The maximum Gasteiger partial charge on any atom is 0.341 e. The highest BCUT2D eigenvalue weighted by molar-refractivity contribution is 7.93. The highest BCUT2D eigenvalue weighted by Gasteiger charge is 2.22. The molecule has 2 heterocycles. The smallest absolute Gasteiger partial charge is 0.341 e. The molecule has 3 aromatic carbocycles. The first-order valence-corrected chi connectivity index (χ1v) is 16.7. The number of anilines is 1. The van der Waals surface area contributed by atoms with Crippen molar-refractivity contribution >= 4 is 61.3 Å². The molecule has 13 nitrogen and oxygen atoms in total. The molecule has 1 atom stereocenters. The molecule has 0 aliphatic rings. The van der Waals surface area contributed by atoms with E-state index in [1.807, 2.05) is 17.7 Å². The number of nitrogens with zero attached hydrogens (tertiary/aromatic N) is 2. The summed E-state index contributed by atoms with van der Waals surface area (Å²) in [7, 11) is -2.22. The zero-order chi connectivity index (χ0) is 35.5. The molecule has 0 aliphatic carbocycles. The van der Waals surface area contributed by atoms with Crippen LogP contribution in [0.25, 0.3) is 21.8 Å². The summed E-state index contributed by atoms with van der Waals surface area (Å²) in [6.45, 7) is 4.54. The maximum absolute atomic E-state index is 13.6. The maximum atomic E-state index is 13.6. The molecule has 0 spiro atoms. The summed E-state index contributed by atoms with van der Waals surface area (Å²) in [6, 6.07) is 20.2. The Morgan fingerprint density at radius 3 is 2.47 bits per heavy atom. The van der Waals surface area contributed by atoms with Crippen LogP contribution in [0.2, 0.25) is 0 Å². The van der Waals surface area contributed by atoms with Crippen LogP contribution in [0.4, 0.5) is 5.69 Å². The lowest BCUT2D eigenvalue weighted by Crippen LogP contribution is -2.23. The zero-order valence-electron chi connectivity index (χ0n) is 27.3. The first-order chi connectivity index (χ1) is 23.2. The molecule has 0 saturated carbocycles. The third kappa shape index (κ3) is 7.87. The summed E-state index contributed by atoms with van der Waals surface area (Å²) in [6.07, 6.45) is -0.843. The third-order valence-electron chi connectivity index (χ3n) is 7.64. The predicted octanol–water partition coefficient (Wildman–Crippen LogP) is 4.57. The Bertz CT molecular complexity index is 2230. The summed E-state index contributed by atoms with van der Waals surface area (Å²) < 4.78 is 47.0. The average molecular weight is 686 g/mol. The van der Waals surface area contributed by atoms with Crippen LogP contribution in [0.1, 0.15) is 53.6 Å². The van der Waals surface area contributed by atoms with Crippen LogP contribution in [0.3, 0.4) is 0 Å². The Labute approximate surface area is 282 Å². The molecule has 0 aliphatic heterocycles. The highest BCUT2D eigenvalue weighted by atomic mass is 32.2. The lowest BCUT2D eigenvalue weighted by Gasteiger charge is -2.15. The number of pyridine rings is 1. The van der Waals surface area contributed by atoms with Crippen molar-refractivity contribution in [3.05, 3.63) is 101 Å². The van der Waals surface area contributed by atoms with Gasteiger partial charge in [0.05, 0.1) is 29.8 Å². The molecule has 0 fully saturated rings. The monoisotopic (exact) mass is 685 g/mol. The second kappa shape index (κ2) is 14.2. The van der Waals surface area contributed by atoms with E-state index in [1.165, 1.54) is 19.9 Å². The molecular formula is C35H35N5O8S. The third-order valence-corrected chi connectivity index (χ3v) is 9.05. The van der Waals surface area contributed by atoms with Gasteiger partial charge in [-0.25, -0.2) is 13.2 Å². The van der Waals surface area contributed by atoms with E-state index in [0.29, 0.717) is 23.2 Å². The number of hydrogen-bond acceptors (Lipinski definition) is 10. The van der Waals surface area contributed by atoms with E-state index in [2.05, 4.69) is 9.71 Å². The Balaban J connectivity index is 1.41. The lowest BCUT2D eigenvalue weighted by atomic mass is 10.0. The van der Waals surface area contributed by atoms with Gasteiger partial charge >= 0.3 is 17.9 Å². The number of sulfonamides is 1. The Morgan fingerprint density at radius 2 is 1.76 bits per heavy atom. The number of amidine groups is 1. The number of hydrogen-bond donors (Lipinski definition) is 3. The SMILES string of the molecule is CCOC(=O)Cc1ccc2cccc(S(=O)(=O)Nc3ccc4c(c3)cc(Cc3ccc(C(=N)N)c(C(=O)OC(C)OC(C)=O)c3)n4C)c2n1. The summed E-state index contributed by atoms with van der Waals surface area (Å²) in [5.74, 6) is -2.19. The van der Waals surface area contributed by atoms with Crippen LogP contribution >= 0.6 is 0 Å². The van der Waals surface area contributed by atoms with Crippen molar-refractivity contribution in [2.24, 2.45) is 12.8 Å². The van der Waals surface area contributed by atoms with Crippen molar-refractivity contribution in [3.8, 4) is 0 Å². The van der Waals surface area contributed by atoms with E-state index < -0.39 is 34.2 Å². The molecule has 0 radical (unpaired) electrons. The number of nitrogens with two attached hydrogens (primary N) is 1. The van der Waals surface area contributed by atoms with E-state index in [4.69, 9.17) is 25.4 Å². The van der Waals surface area contributed by atoms with Crippen LogP contribution in [-0.2, 0) is 53.7 Å². The summed E-state index contributed by atoms with van der Waals surface area (Å²) >= 11 is 0. The van der Waals surface area contributed by atoms with Crippen molar-refractivity contribution in [3.63, 3.8) is 0 Å². The number of para-hydroxylation sites is 1. The van der Waals surface area contributed by atoms with Gasteiger partial charge in [-0.2, -0.15) is 0 Å². The number of carbonyl (C=O) groups excluding carboxylic acids is 3. The molecule has 49 heavy (non-hydrogen) atoms. The van der Waals surface area contributed by atoms with E-state index >= 15 is 0 Å². The fourth-order valence-corrected chi connectivity index (χ4v) is 6.69. The topological polar surface area (TPSA) is 193 Å². The molecule has 254 valence electrons. The highest BCUT2D eigenvalue weighted by Crippen LogP contribution is 2.28. The molecular weight excluding hydrogens is 650 g/mol. The molecule has 5 aromatic rings. The van der Waals surface area contributed by atoms with E-state index in [1.54, 1.807) is 67.6 Å². The van der Waals surface area contributed by atoms with Crippen molar-refractivity contribution < 1.29 is 37.0 Å². The molecule has 1 unspecified atom stereocenters. The number of ether oxygens (including phenoxy) is 3. The number of benzene rings is 3. The normalized spacial score (nSPS) is 12.0. The van der Waals surface area contributed by atoms with E-state index in [0.717, 1.165) is 22.2 Å². The van der Waals surface area contributed by atoms with Gasteiger partial charge < -0.3 is 24.5 Å². The summed E-state index contributed by atoms with van der Waals surface area (Å²) in [5.41, 5.74) is 9.31. The summed E-state index contributed by atoms with van der Waals surface area (Å²) in [4.78, 5) is 40.6. The van der Waals surface area contributed by atoms with Gasteiger partial charge in [0, 0.05) is 60.5 Å².